The number of halogens is 2. The highest BCUT2D eigenvalue weighted by atomic mass is 19.1. The van der Waals surface area contributed by atoms with Gasteiger partial charge in [0.15, 0.2) is 0 Å². The van der Waals surface area contributed by atoms with Crippen LogP contribution in [-0.4, -0.2) is 53.4 Å². The van der Waals surface area contributed by atoms with Crippen molar-refractivity contribution in [2.45, 2.75) is 76.1 Å². The average molecular weight is 514 g/mol. The van der Waals surface area contributed by atoms with Crippen LogP contribution in [0.1, 0.15) is 79.5 Å². The zero-order chi connectivity index (χ0) is 25.8. The first kappa shape index (κ1) is 26.0. The number of alkyl halides is 1. The van der Waals surface area contributed by atoms with Crippen LogP contribution in [0.15, 0.2) is 30.3 Å². The summed E-state index contributed by atoms with van der Waals surface area (Å²) >= 11 is 0. The summed E-state index contributed by atoms with van der Waals surface area (Å²) in [6, 6.07) is 7.56. The number of fused-ring (bicyclic) bond motifs is 1. The lowest BCUT2D eigenvalue weighted by Crippen LogP contribution is -2.34. The summed E-state index contributed by atoms with van der Waals surface area (Å²) in [5.74, 6) is -0.723. The first-order valence-electron chi connectivity index (χ1n) is 13.7. The molecule has 0 spiro atoms. The Kier molecular flexibility index (Phi) is 8.35. The molecule has 0 amide bonds. The van der Waals surface area contributed by atoms with E-state index in [-0.39, 0.29) is 12.0 Å². The number of ether oxygens (including phenoxy) is 1. The van der Waals surface area contributed by atoms with Crippen LogP contribution in [0.5, 0.6) is 0 Å². The fourth-order valence-corrected chi connectivity index (χ4v) is 6.12. The number of anilines is 1. The predicted octanol–water partition coefficient (Wildman–Crippen LogP) is 5.63. The molecule has 1 aromatic heterocycles. The molecule has 2 aromatic rings. The summed E-state index contributed by atoms with van der Waals surface area (Å²) in [4.78, 5) is 18.9. The number of rotatable bonds is 10. The monoisotopic (exact) mass is 513 g/mol. The smallest absolute Gasteiger partial charge is 0.325 e. The number of hydrogen-bond donors (Lipinski definition) is 2. The zero-order valence-corrected chi connectivity index (χ0v) is 21.3. The third kappa shape index (κ3) is 6.12. The standard InChI is InChI=1S/C29H37F2N3O3/c30-21-10-12-23(26-8-4-16-37-26)24(17-21)27(29(35)36)34-15-13-20(18-34)25(31)7-2-1-6-22-11-9-19-5-3-14-32-28(19)33-22/h9-12,17,20,25-27H,1-8,13-16,18H2,(H,32,33)(H,35,36)/t20-,25?,26-,27-/m1/s1. The van der Waals surface area contributed by atoms with Crippen molar-refractivity contribution < 1.29 is 23.4 Å². The predicted molar refractivity (Wildman–Crippen MR) is 138 cm³/mol. The van der Waals surface area contributed by atoms with Gasteiger partial charge in [-0.05, 0) is 92.8 Å². The minimum Gasteiger partial charge on any atom is -0.480 e. The summed E-state index contributed by atoms with van der Waals surface area (Å²) in [7, 11) is 0. The van der Waals surface area contributed by atoms with Crippen molar-refractivity contribution in [3.8, 4) is 0 Å². The minimum absolute atomic E-state index is 0.215. The van der Waals surface area contributed by atoms with Gasteiger partial charge in [0.25, 0.3) is 0 Å². The van der Waals surface area contributed by atoms with Crippen molar-refractivity contribution in [1.29, 1.82) is 0 Å². The quantitative estimate of drug-likeness (QED) is 0.401. The first-order valence-corrected chi connectivity index (χ1v) is 13.7. The molecule has 0 bridgehead atoms. The highest BCUT2D eigenvalue weighted by Gasteiger charge is 2.38. The van der Waals surface area contributed by atoms with Gasteiger partial charge in [-0.1, -0.05) is 18.6 Å². The highest BCUT2D eigenvalue weighted by molar-refractivity contribution is 5.76. The lowest BCUT2D eigenvalue weighted by atomic mass is 9.94. The van der Waals surface area contributed by atoms with Crippen molar-refractivity contribution in [2.75, 3.05) is 31.6 Å². The van der Waals surface area contributed by atoms with Crippen LogP contribution in [0.3, 0.4) is 0 Å². The van der Waals surface area contributed by atoms with Gasteiger partial charge in [-0.2, -0.15) is 0 Å². The van der Waals surface area contributed by atoms with Crippen LogP contribution in [0, 0.1) is 11.7 Å². The number of nitrogens with zero attached hydrogens (tertiary/aromatic N) is 2. The number of unbranched alkanes of at least 4 members (excludes halogenated alkanes) is 1. The molecule has 3 aliphatic rings. The molecule has 8 heteroatoms. The Balaban J connectivity index is 1.16. The summed E-state index contributed by atoms with van der Waals surface area (Å²) in [6.45, 7) is 2.42. The summed E-state index contributed by atoms with van der Waals surface area (Å²) < 4.78 is 35.2. The van der Waals surface area contributed by atoms with E-state index in [1.807, 2.05) is 0 Å². The van der Waals surface area contributed by atoms with E-state index in [2.05, 4.69) is 17.4 Å². The molecular formula is C29H37F2N3O3. The van der Waals surface area contributed by atoms with E-state index in [0.29, 0.717) is 38.1 Å². The Bertz CT molecular complexity index is 1090. The second-order valence-corrected chi connectivity index (χ2v) is 10.7. The number of aryl methyl sites for hydroxylation is 2. The molecule has 200 valence electrons. The van der Waals surface area contributed by atoms with Crippen molar-refractivity contribution in [2.24, 2.45) is 5.92 Å². The van der Waals surface area contributed by atoms with E-state index < -0.39 is 24.0 Å². The fraction of sp³-hybridized carbons (Fsp3) is 0.586. The van der Waals surface area contributed by atoms with Gasteiger partial charge >= 0.3 is 5.97 Å². The van der Waals surface area contributed by atoms with Crippen molar-refractivity contribution in [1.82, 2.24) is 9.88 Å². The van der Waals surface area contributed by atoms with Gasteiger partial charge < -0.3 is 15.2 Å². The third-order valence-corrected chi connectivity index (χ3v) is 8.10. The first-order chi connectivity index (χ1) is 18.0. The molecule has 0 saturated carbocycles. The maximum atomic E-state index is 15.2. The third-order valence-electron chi connectivity index (χ3n) is 8.10. The van der Waals surface area contributed by atoms with Crippen LogP contribution in [-0.2, 0) is 22.4 Å². The van der Waals surface area contributed by atoms with E-state index in [4.69, 9.17) is 9.72 Å². The molecule has 6 nitrogen and oxygen atoms in total. The molecule has 2 saturated heterocycles. The maximum absolute atomic E-state index is 15.2. The van der Waals surface area contributed by atoms with E-state index in [1.54, 1.807) is 11.0 Å². The van der Waals surface area contributed by atoms with Crippen LogP contribution in [0.4, 0.5) is 14.6 Å². The minimum atomic E-state index is -1.03. The van der Waals surface area contributed by atoms with E-state index in [1.165, 1.54) is 17.7 Å². The average Bonchev–Trinajstić information content (AvgIpc) is 3.60. The molecule has 1 aromatic carbocycles. The van der Waals surface area contributed by atoms with Gasteiger partial charge in [0.2, 0.25) is 0 Å². The van der Waals surface area contributed by atoms with Gasteiger partial charge in [0.1, 0.15) is 23.8 Å². The molecule has 2 N–H and O–H groups in total. The number of benzene rings is 1. The van der Waals surface area contributed by atoms with E-state index >= 15 is 4.39 Å². The lowest BCUT2D eigenvalue weighted by molar-refractivity contribution is -0.143. The molecule has 0 aliphatic carbocycles. The summed E-state index contributed by atoms with van der Waals surface area (Å²) in [6.07, 6.45) is 6.21. The molecule has 4 atom stereocenters. The number of nitrogens with one attached hydrogen (secondary N) is 1. The maximum Gasteiger partial charge on any atom is 0.325 e. The number of likely N-dealkylation sites (tertiary alicyclic amines) is 1. The van der Waals surface area contributed by atoms with Crippen LogP contribution in [0.25, 0.3) is 0 Å². The van der Waals surface area contributed by atoms with Gasteiger partial charge in [-0.15, -0.1) is 0 Å². The molecule has 37 heavy (non-hydrogen) atoms. The Morgan fingerprint density at radius 2 is 2.11 bits per heavy atom. The summed E-state index contributed by atoms with van der Waals surface area (Å²) in [5, 5.41) is 13.5. The van der Waals surface area contributed by atoms with Gasteiger partial charge in [0.05, 0.1) is 6.10 Å². The van der Waals surface area contributed by atoms with Gasteiger partial charge in [-0.3, -0.25) is 9.69 Å². The fourth-order valence-electron chi connectivity index (χ4n) is 6.12. The number of carboxylic acid groups (broad SMARTS) is 1. The van der Waals surface area contributed by atoms with Crippen molar-refractivity contribution >= 4 is 11.8 Å². The zero-order valence-electron chi connectivity index (χ0n) is 21.3. The highest BCUT2D eigenvalue weighted by Crippen LogP contribution is 2.38. The van der Waals surface area contributed by atoms with Crippen molar-refractivity contribution in [3.05, 3.63) is 58.5 Å². The van der Waals surface area contributed by atoms with Gasteiger partial charge in [-0.25, -0.2) is 13.8 Å². The van der Waals surface area contributed by atoms with Crippen LogP contribution < -0.4 is 5.32 Å². The molecule has 3 aliphatic heterocycles. The molecule has 5 rings (SSSR count). The van der Waals surface area contributed by atoms with Crippen LogP contribution >= 0.6 is 0 Å². The Morgan fingerprint density at radius 3 is 2.92 bits per heavy atom. The van der Waals surface area contributed by atoms with E-state index in [0.717, 1.165) is 68.6 Å². The molecule has 0 radical (unpaired) electrons. The number of aromatic nitrogens is 1. The molecule has 2 fully saturated rings. The van der Waals surface area contributed by atoms with Crippen LogP contribution in [0.2, 0.25) is 0 Å². The van der Waals surface area contributed by atoms with Crippen molar-refractivity contribution in [3.63, 3.8) is 0 Å². The topological polar surface area (TPSA) is 74.7 Å². The summed E-state index contributed by atoms with van der Waals surface area (Å²) in [5.41, 5.74) is 3.47. The van der Waals surface area contributed by atoms with Gasteiger partial charge in [0, 0.05) is 31.3 Å². The van der Waals surface area contributed by atoms with E-state index in [9.17, 15) is 14.3 Å². The number of carboxylic acids is 1. The second-order valence-electron chi connectivity index (χ2n) is 10.7. The number of aliphatic carboxylic acids is 1. The Morgan fingerprint density at radius 1 is 1.22 bits per heavy atom. The number of hydrogen-bond acceptors (Lipinski definition) is 5. The molecular weight excluding hydrogens is 476 g/mol. The Hall–Kier alpha value is -2.58. The molecule has 4 heterocycles. The number of pyridine rings is 1. The molecule has 1 unspecified atom stereocenters. The Labute approximate surface area is 217 Å². The largest absolute Gasteiger partial charge is 0.480 e. The second kappa shape index (κ2) is 11.9. The lowest BCUT2D eigenvalue weighted by Gasteiger charge is -2.28. The normalized spacial score (nSPS) is 23.4. The number of carbonyl (C=O) groups is 1. The SMILES string of the molecule is O=C(O)[C@@H](c1cc(F)ccc1[C@H]1CCCO1)N1CC[C@@H](C(F)CCCCc2ccc3c(n2)NCCC3)C1.